The van der Waals surface area contributed by atoms with Gasteiger partial charge in [-0.1, -0.05) is 29.4 Å². The van der Waals surface area contributed by atoms with Crippen LogP contribution in [-0.2, 0) is 4.84 Å². The Morgan fingerprint density at radius 3 is 2.53 bits per heavy atom. The Bertz CT molecular complexity index is 443. The molecule has 0 fully saturated rings. The number of nitrogens with zero attached hydrogens (tertiary/aromatic N) is 3. The molecule has 0 spiro atoms. The van der Waals surface area contributed by atoms with Crippen LogP contribution >= 0.6 is 0 Å². The number of nitriles is 2. The van der Waals surface area contributed by atoms with Gasteiger partial charge in [0.05, 0.1) is 0 Å². The predicted molar refractivity (Wildman–Crippen MR) is 55.8 cm³/mol. The average molecular weight is 208 g/mol. The van der Waals surface area contributed by atoms with E-state index in [1.165, 1.54) is 6.26 Å². The van der Waals surface area contributed by atoms with Gasteiger partial charge in [0.15, 0.2) is 5.71 Å². The van der Waals surface area contributed by atoms with E-state index in [-0.39, 0.29) is 35.3 Å². The van der Waals surface area contributed by atoms with Crippen LogP contribution in [0.15, 0.2) is 29.4 Å². The SMILES string of the molecule is Cc1ccccc1C(C#N)=NOC#N.[Na]. The number of hydrogen-bond acceptors (Lipinski definition) is 4. The Hall–Kier alpha value is -1.33. The summed E-state index contributed by atoms with van der Waals surface area (Å²) in [6.07, 6.45) is 1.38. The summed E-state index contributed by atoms with van der Waals surface area (Å²) < 4.78 is 0. The smallest absolute Gasteiger partial charge is 0.274 e. The summed E-state index contributed by atoms with van der Waals surface area (Å²) in [5, 5.41) is 20.3. The molecule has 1 rings (SSSR count). The van der Waals surface area contributed by atoms with Crippen molar-refractivity contribution in [1.29, 1.82) is 10.5 Å². The second-order valence-corrected chi connectivity index (χ2v) is 2.55. The molecule has 1 aromatic rings. The molecule has 0 unspecified atom stereocenters. The van der Waals surface area contributed by atoms with Gasteiger partial charge in [-0.25, -0.2) is 0 Å². The molecule has 4 nitrogen and oxygen atoms in total. The molecule has 0 saturated carbocycles. The molecular formula is C10H7N3NaO. The molecule has 0 aliphatic heterocycles. The summed E-state index contributed by atoms with van der Waals surface area (Å²) in [6.45, 7) is 1.86. The second kappa shape index (κ2) is 7.03. The van der Waals surface area contributed by atoms with E-state index in [2.05, 4.69) is 9.99 Å². The first kappa shape index (κ1) is 13.7. The van der Waals surface area contributed by atoms with Crippen molar-refractivity contribution in [2.75, 3.05) is 0 Å². The van der Waals surface area contributed by atoms with Crippen LogP contribution in [0.1, 0.15) is 11.1 Å². The number of benzene rings is 1. The minimum Gasteiger partial charge on any atom is -0.274 e. The minimum atomic E-state index is 0. The van der Waals surface area contributed by atoms with Gasteiger partial charge in [-0.3, -0.25) is 4.84 Å². The molecule has 5 heteroatoms. The Labute approximate surface area is 110 Å². The molecule has 0 amide bonds. The predicted octanol–water partition coefficient (Wildman–Crippen LogP) is 1.34. The molecule has 0 aliphatic rings. The first-order valence-corrected chi connectivity index (χ1v) is 3.88. The summed E-state index contributed by atoms with van der Waals surface area (Å²) in [5.74, 6) is 0. The molecule has 0 bridgehead atoms. The van der Waals surface area contributed by atoms with Gasteiger partial charge in [0.2, 0.25) is 0 Å². The molecule has 0 saturated heterocycles. The minimum absolute atomic E-state index is 0. The van der Waals surface area contributed by atoms with Crippen LogP contribution in [0.5, 0.6) is 0 Å². The van der Waals surface area contributed by atoms with E-state index in [0.29, 0.717) is 5.56 Å². The van der Waals surface area contributed by atoms with Gasteiger partial charge in [0, 0.05) is 35.1 Å². The van der Waals surface area contributed by atoms with Crippen LogP contribution in [0.4, 0.5) is 0 Å². The molecule has 69 valence electrons. The largest absolute Gasteiger partial charge is 0.316 e. The zero-order valence-corrected chi connectivity index (χ0v) is 10.6. The van der Waals surface area contributed by atoms with E-state index >= 15 is 0 Å². The van der Waals surface area contributed by atoms with Crippen LogP contribution in [0.25, 0.3) is 0 Å². The van der Waals surface area contributed by atoms with Crippen molar-refractivity contribution in [2.45, 2.75) is 6.92 Å². The van der Waals surface area contributed by atoms with Crippen LogP contribution in [0.3, 0.4) is 0 Å². The Morgan fingerprint density at radius 1 is 1.33 bits per heavy atom. The molecular weight excluding hydrogens is 201 g/mol. The summed E-state index contributed by atoms with van der Waals surface area (Å²) in [6, 6.07) is 9.13. The van der Waals surface area contributed by atoms with E-state index in [1.807, 2.05) is 25.1 Å². The quantitative estimate of drug-likeness (QED) is 0.318. The number of aryl methyl sites for hydroxylation is 1. The topological polar surface area (TPSA) is 69.2 Å². The van der Waals surface area contributed by atoms with Gasteiger partial charge in [-0.05, 0) is 12.5 Å². The van der Waals surface area contributed by atoms with Gasteiger partial charge < -0.3 is 0 Å². The van der Waals surface area contributed by atoms with Crippen LogP contribution < -0.4 is 0 Å². The molecule has 0 aliphatic carbocycles. The van der Waals surface area contributed by atoms with Crippen molar-refractivity contribution in [2.24, 2.45) is 5.16 Å². The normalized spacial score (nSPS) is 9.40. The van der Waals surface area contributed by atoms with Crippen LogP contribution in [-0.4, -0.2) is 35.3 Å². The van der Waals surface area contributed by atoms with Crippen molar-refractivity contribution < 1.29 is 4.84 Å². The van der Waals surface area contributed by atoms with Crippen molar-refractivity contribution in [1.82, 2.24) is 0 Å². The van der Waals surface area contributed by atoms with Crippen molar-refractivity contribution >= 4 is 35.3 Å². The standard InChI is InChI=1S/C10H7N3O.Na/c1-8-4-2-3-5-9(8)10(6-11)13-14-7-12;/h2-5H,1H3;. The van der Waals surface area contributed by atoms with Crippen molar-refractivity contribution in [3.63, 3.8) is 0 Å². The van der Waals surface area contributed by atoms with Crippen molar-refractivity contribution in [3.8, 4) is 12.3 Å². The van der Waals surface area contributed by atoms with E-state index in [1.54, 1.807) is 12.1 Å². The first-order valence-electron chi connectivity index (χ1n) is 3.88. The van der Waals surface area contributed by atoms with Crippen LogP contribution in [0, 0.1) is 29.8 Å². The van der Waals surface area contributed by atoms with E-state index < -0.39 is 0 Å². The van der Waals surface area contributed by atoms with E-state index in [4.69, 9.17) is 10.5 Å². The third-order valence-corrected chi connectivity index (χ3v) is 1.68. The third-order valence-electron chi connectivity index (χ3n) is 1.68. The fraction of sp³-hybridized carbons (Fsp3) is 0.100. The second-order valence-electron chi connectivity index (χ2n) is 2.55. The summed E-state index contributed by atoms with van der Waals surface area (Å²) in [5.41, 5.74) is 1.68. The van der Waals surface area contributed by atoms with Crippen molar-refractivity contribution in [3.05, 3.63) is 35.4 Å². The average Bonchev–Trinajstić information content (AvgIpc) is 2.21. The number of oxime groups is 1. The van der Waals surface area contributed by atoms with Gasteiger partial charge >= 0.3 is 6.26 Å². The van der Waals surface area contributed by atoms with Gasteiger partial charge in [0.1, 0.15) is 6.07 Å². The monoisotopic (exact) mass is 208 g/mol. The maximum atomic E-state index is 8.76. The molecule has 0 aromatic heterocycles. The zero-order chi connectivity index (χ0) is 10.4. The molecule has 1 radical (unpaired) electrons. The third kappa shape index (κ3) is 3.73. The Morgan fingerprint density at radius 2 is 2.00 bits per heavy atom. The Balaban J connectivity index is 0.00000196. The maximum Gasteiger partial charge on any atom is 0.316 e. The van der Waals surface area contributed by atoms with Gasteiger partial charge in [0.25, 0.3) is 0 Å². The first-order chi connectivity index (χ1) is 6.79. The maximum absolute atomic E-state index is 8.76. The fourth-order valence-electron chi connectivity index (χ4n) is 1.03. The molecule has 1 aromatic carbocycles. The Kier molecular flexibility index (Phi) is 6.40. The number of hydrogen-bond donors (Lipinski definition) is 0. The summed E-state index contributed by atoms with van der Waals surface area (Å²) in [7, 11) is 0. The fourth-order valence-corrected chi connectivity index (χ4v) is 1.03. The molecule has 0 atom stereocenters. The molecule has 15 heavy (non-hydrogen) atoms. The molecule has 0 heterocycles. The summed E-state index contributed by atoms with van der Waals surface area (Å²) in [4.78, 5) is 4.17. The van der Waals surface area contributed by atoms with E-state index in [0.717, 1.165) is 5.56 Å². The summed E-state index contributed by atoms with van der Waals surface area (Å²) >= 11 is 0. The zero-order valence-electron chi connectivity index (χ0n) is 8.56. The van der Waals surface area contributed by atoms with E-state index in [9.17, 15) is 0 Å². The number of rotatable bonds is 2. The van der Waals surface area contributed by atoms with Crippen LogP contribution in [0.2, 0.25) is 0 Å². The van der Waals surface area contributed by atoms with Gasteiger partial charge in [-0.2, -0.15) is 5.26 Å². The molecule has 0 N–H and O–H groups in total. The van der Waals surface area contributed by atoms with Gasteiger partial charge in [-0.15, -0.1) is 5.26 Å².